The summed E-state index contributed by atoms with van der Waals surface area (Å²) in [5, 5.41) is 3.83. The van der Waals surface area contributed by atoms with Crippen LogP contribution in [0.3, 0.4) is 0 Å². The molecule has 11 nitrogen and oxygen atoms in total. The van der Waals surface area contributed by atoms with Crippen molar-refractivity contribution in [3.8, 4) is 0 Å². The highest BCUT2D eigenvalue weighted by Gasteiger charge is 2.45. The quantitative estimate of drug-likeness (QED) is 0.498. The summed E-state index contributed by atoms with van der Waals surface area (Å²) in [5.74, 6) is -1.16. The molecule has 0 bridgehead atoms. The number of fused-ring (bicyclic) bond motifs is 1. The Morgan fingerprint density at radius 3 is 2.48 bits per heavy atom. The molecule has 4 unspecified atom stereocenters. The van der Waals surface area contributed by atoms with Crippen LogP contribution < -0.4 is 5.32 Å². The smallest absolute Gasteiger partial charge is 0.410 e. The third-order valence-corrected chi connectivity index (χ3v) is 7.09. The third-order valence-electron chi connectivity index (χ3n) is 7.09. The zero-order valence-corrected chi connectivity index (χ0v) is 25.0. The van der Waals surface area contributed by atoms with E-state index in [0.29, 0.717) is 19.4 Å². The van der Waals surface area contributed by atoms with Gasteiger partial charge < -0.3 is 24.7 Å². The van der Waals surface area contributed by atoms with E-state index in [0.717, 1.165) is 16.6 Å². The number of amides is 3. The van der Waals surface area contributed by atoms with Gasteiger partial charge in [0.1, 0.15) is 29.4 Å². The number of likely N-dealkylation sites (N-methyl/N-ethyl adjacent to an activating group) is 1. The Kier molecular flexibility index (Phi) is 9.16. The second-order valence-corrected chi connectivity index (χ2v) is 12.5. The average molecular weight is 558 g/mol. The normalized spacial score (nSPS) is 19.2. The topological polar surface area (TPSA) is 134 Å². The van der Waals surface area contributed by atoms with E-state index in [1.165, 1.54) is 18.9 Å². The average Bonchev–Trinajstić information content (AvgIpc) is 3.43. The van der Waals surface area contributed by atoms with Gasteiger partial charge in [0.05, 0.1) is 6.04 Å². The number of ether oxygens (including phenoxy) is 2. The number of esters is 1. The number of nitrogens with zero attached hydrogens (tertiary/aromatic N) is 3. The number of carbonyl (C=O) groups is 4. The monoisotopic (exact) mass is 557 g/mol. The highest BCUT2D eigenvalue weighted by Crippen LogP contribution is 2.31. The van der Waals surface area contributed by atoms with Gasteiger partial charge in [-0.25, -0.2) is 9.78 Å². The lowest BCUT2D eigenvalue weighted by Gasteiger charge is -2.37. The molecular formula is C29H43N5O6. The Morgan fingerprint density at radius 2 is 1.88 bits per heavy atom. The molecule has 3 amide bonds. The van der Waals surface area contributed by atoms with E-state index in [2.05, 4.69) is 15.3 Å². The summed E-state index contributed by atoms with van der Waals surface area (Å²) >= 11 is 0. The van der Waals surface area contributed by atoms with Gasteiger partial charge in [-0.3, -0.25) is 19.3 Å². The van der Waals surface area contributed by atoms with Gasteiger partial charge in [0.15, 0.2) is 0 Å². The van der Waals surface area contributed by atoms with Crippen molar-refractivity contribution in [3.05, 3.63) is 30.1 Å². The predicted octanol–water partition coefficient (Wildman–Crippen LogP) is 3.42. The van der Waals surface area contributed by atoms with Crippen LogP contribution in [-0.2, 0) is 30.3 Å². The number of likely N-dealkylation sites (tertiary alicyclic amines) is 1. The lowest BCUT2D eigenvalue weighted by Crippen LogP contribution is -2.59. The number of H-pyrrole nitrogens is 1. The van der Waals surface area contributed by atoms with E-state index in [4.69, 9.17) is 9.47 Å². The number of carbonyl (C=O) groups excluding carboxylic acids is 4. The van der Waals surface area contributed by atoms with E-state index < -0.39 is 53.2 Å². The first-order chi connectivity index (χ1) is 18.5. The Bertz CT molecular complexity index is 1240. The molecule has 1 saturated heterocycles. The maximum atomic E-state index is 14.1. The molecule has 3 rings (SSSR count). The molecule has 40 heavy (non-hydrogen) atoms. The van der Waals surface area contributed by atoms with E-state index in [1.54, 1.807) is 38.8 Å². The van der Waals surface area contributed by atoms with Crippen molar-refractivity contribution >= 4 is 34.9 Å². The fraction of sp³-hybridized carbons (Fsp3) is 0.621. The molecule has 0 radical (unpaired) electrons. The number of aromatic amines is 1. The number of nitrogens with one attached hydrogen (secondary N) is 2. The van der Waals surface area contributed by atoms with Crippen LogP contribution in [0, 0.1) is 5.41 Å². The van der Waals surface area contributed by atoms with Gasteiger partial charge in [0.25, 0.3) is 0 Å². The SMILES string of the molecule is CC(=O)OC1CCN(C(=O)C(NC(=O)C(C)N(C)C(=O)OC(C)(C)C)C(C)(C)C)C1Cc1c[nH]c2ncccc12. The van der Waals surface area contributed by atoms with Crippen molar-refractivity contribution in [2.75, 3.05) is 13.6 Å². The highest BCUT2D eigenvalue weighted by atomic mass is 16.6. The van der Waals surface area contributed by atoms with E-state index in [-0.39, 0.29) is 5.91 Å². The molecule has 11 heteroatoms. The number of hydrogen-bond acceptors (Lipinski definition) is 7. The minimum absolute atomic E-state index is 0.273. The van der Waals surface area contributed by atoms with Gasteiger partial charge in [-0.15, -0.1) is 0 Å². The zero-order chi connectivity index (χ0) is 30.0. The second-order valence-electron chi connectivity index (χ2n) is 12.5. The number of pyridine rings is 1. The van der Waals surface area contributed by atoms with E-state index >= 15 is 0 Å². The molecule has 0 aromatic carbocycles. The fourth-order valence-corrected chi connectivity index (χ4v) is 4.84. The molecule has 1 aliphatic heterocycles. The van der Waals surface area contributed by atoms with Crippen molar-refractivity contribution in [1.82, 2.24) is 25.1 Å². The Morgan fingerprint density at radius 1 is 1.20 bits per heavy atom. The lowest BCUT2D eigenvalue weighted by atomic mass is 9.85. The van der Waals surface area contributed by atoms with Crippen LogP contribution in [0.2, 0.25) is 0 Å². The molecular weight excluding hydrogens is 514 g/mol. The van der Waals surface area contributed by atoms with E-state index in [9.17, 15) is 19.2 Å². The van der Waals surface area contributed by atoms with Gasteiger partial charge in [-0.2, -0.15) is 0 Å². The van der Waals surface area contributed by atoms with Gasteiger partial charge >= 0.3 is 12.1 Å². The first-order valence-electron chi connectivity index (χ1n) is 13.6. The summed E-state index contributed by atoms with van der Waals surface area (Å²) in [6.45, 7) is 14.2. The molecule has 0 aliphatic carbocycles. The van der Waals surface area contributed by atoms with Gasteiger partial charge in [-0.05, 0) is 57.2 Å². The molecule has 2 aromatic rings. The molecule has 4 atom stereocenters. The maximum absolute atomic E-state index is 14.1. The van der Waals surface area contributed by atoms with Crippen LogP contribution >= 0.6 is 0 Å². The fourth-order valence-electron chi connectivity index (χ4n) is 4.84. The molecule has 1 aliphatic rings. The van der Waals surface area contributed by atoms with Crippen molar-refractivity contribution in [1.29, 1.82) is 0 Å². The first-order valence-corrected chi connectivity index (χ1v) is 13.6. The van der Waals surface area contributed by atoms with Crippen LogP contribution in [0.1, 0.15) is 67.4 Å². The minimum atomic E-state index is -0.891. The van der Waals surface area contributed by atoms with Crippen molar-refractivity contribution < 1.29 is 28.7 Å². The summed E-state index contributed by atoms with van der Waals surface area (Å²) in [4.78, 5) is 62.3. The number of hydrogen-bond donors (Lipinski definition) is 2. The molecule has 0 spiro atoms. The zero-order valence-electron chi connectivity index (χ0n) is 25.0. The summed E-state index contributed by atoms with van der Waals surface area (Å²) in [6.07, 6.45) is 3.37. The first kappa shape index (κ1) is 30.9. The van der Waals surface area contributed by atoms with Crippen LogP contribution in [-0.4, -0.2) is 87.1 Å². The van der Waals surface area contributed by atoms with Crippen molar-refractivity contribution in [2.24, 2.45) is 5.41 Å². The summed E-state index contributed by atoms with van der Waals surface area (Å²) in [5.41, 5.74) is 0.329. The Labute approximate surface area is 236 Å². The predicted molar refractivity (Wildman–Crippen MR) is 150 cm³/mol. The highest BCUT2D eigenvalue weighted by molar-refractivity contribution is 5.92. The summed E-state index contributed by atoms with van der Waals surface area (Å²) in [6, 6.07) is 1.60. The Hall–Kier alpha value is -3.63. The van der Waals surface area contributed by atoms with Crippen molar-refractivity contribution in [2.45, 2.75) is 98.1 Å². The van der Waals surface area contributed by atoms with Crippen LogP contribution in [0.4, 0.5) is 4.79 Å². The summed E-state index contributed by atoms with van der Waals surface area (Å²) < 4.78 is 11.0. The largest absolute Gasteiger partial charge is 0.460 e. The van der Waals surface area contributed by atoms with Gasteiger partial charge in [-0.1, -0.05) is 20.8 Å². The molecule has 3 heterocycles. The molecule has 220 valence electrons. The van der Waals surface area contributed by atoms with Crippen LogP contribution in [0.15, 0.2) is 24.5 Å². The molecule has 2 N–H and O–H groups in total. The summed E-state index contributed by atoms with van der Waals surface area (Å²) in [7, 11) is 1.49. The van der Waals surface area contributed by atoms with Crippen LogP contribution in [0.5, 0.6) is 0 Å². The molecule has 0 saturated carbocycles. The standard InChI is InChI=1S/C29H43N5O6/c1-17(33(9)27(38)40-29(6,7)8)25(36)32-23(28(3,4)5)26(37)34-14-12-22(39-18(2)35)21(34)15-19-16-31-24-20(19)11-10-13-30-24/h10-11,13,16-17,21-23H,12,14-15H2,1-9H3,(H,30,31)(H,32,36). The maximum Gasteiger partial charge on any atom is 0.410 e. The van der Waals surface area contributed by atoms with E-state index in [1.807, 2.05) is 39.1 Å². The van der Waals surface area contributed by atoms with Crippen molar-refractivity contribution in [3.63, 3.8) is 0 Å². The third kappa shape index (κ3) is 7.31. The minimum Gasteiger partial charge on any atom is -0.460 e. The molecule has 1 fully saturated rings. The van der Waals surface area contributed by atoms with Gasteiger partial charge in [0, 0.05) is 44.7 Å². The molecule has 2 aromatic heterocycles. The number of aromatic nitrogens is 2. The second kappa shape index (κ2) is 11.9. The van der Waals surface area contributed by atoms with Crippen LogP contribution in [0.25, 0.3) is 11.0 Å². The number of rotatable bonds is 7. The van der Waals surface area contributed by atoms with Gasteiger partial charge in [0.2, 0.25) is 11.8 Å². The lowest BCUT2D eigenvalue weighted by molar-refractivity contribution is -0.150. The Balaban J connectivity index is 1.85.